The van der Waals surface area contributed by atoms with Gasteiger partial charge in [0.2, 0.25) is 0 Å². The predicted octanol–water partition coefficient (Wildman–Crippen LogP) is 2.22. The minimum Gasteiger partial charge on any atom is -0.482 e. The summed E-state index contributed by atoms with van der Waals surface area (Å²) >= 11 is 0. The van der Waals surface area contributed by atoms with Crippen molar-refractivity contribution in [2.45, 2.75) is 20.3 Å². The highest BCUT2D eigenvalue weighted by Crippen LogP contribution is 2.29. The molecule has 1 N–H and O–H groups in total. The van der Waals surface area contributed by atoms with E-state index in [9.17, 15) is 4.79 Å². The van der Waals surface area contributed by atoms with Gasteiger partial charge in [-0.2, -0.15) is 0 Å². The van der Waals surface area contributed by atoms with Crippen LogP contribution >= 0.6 is 0 Å². The number of fused-ring (bicyclic) bond motifs is 1. The van der Waals surface area contributed by atoms with Crippen LogP contribution in [0.5, 0.6) is 5.75 Å². The number of nitrogens with one attached hydrogen (secondary N) is 1. The summed E-state index contributed by atoms with van der Waals surface area (Å²) in [6.45, 7) is 4.49. The van der Waals surface area contributed by atoms with Crippen LogP contribution in [-0.4, -0.2) is 12.5 Å². The van der Waals surface area contributed by atoms with Gasteiger partial charge in [0.25, 0.3) is 5.91 Å². The van der Waals surface area contributed by atoms with Crippen LogP contribution in [0.4, 0.5) is 5.69 Å². The van der Waals surface area contributed by atoms with Crippen molar-refractivity contribution >= 4 is 11.6 Å². The molecule has 0 aliphatic carbocycles. The smallest absolute Gasteiger partial charge is 0.262 e. The summed E-state index contributed by atoms with van der Waals surface area (Å²) in [5, 5.41) is 2.78. The zero-order valence-electron chi connectivity index (χ0n) is 9.04. The Balaban J connectivity index is 2.23. The first kappa shape index (κ1) is 10.0. The first-order valence-corrected chi connectivity index (χ1v) is 5.21. The number of benzene rings is 1. The van der Waals surface area contributed by atoms with Crippen molar-refractivity contribution < 1.29 is 9.53 Å². The minimum atomic E-state index is -0.0842. The summed E-state index contributed by atoms with van der Waals surface area (Å²) in [5.74, 6) is 1.33. The zero-order valence-corrected chi connectivity index (χ0v) is 9.04. The molecular formula is C12H15NO2. The van der Waals surface area contributed by atoms with Gasteiger partial charge in [0.05, 0.1) is 5.69 Å². The molecule has 0 fully saturated rings. The Morgan fingerprint density at radius 3 is 3.00 bits per heavy atom. The zero-order chi connectivity index (χ0) is 10.8. The topological polar surface area (TPSA) is 38.3 Å². The van der Waals surface area contributed by atoms with Gasteiger partial charge in [-0.25, -0.2) is 0 Å². The molecule has 1 amide bonds. The lowest BCUT2D eigenvalue weighted by atomic mass is 10.0. The van der Waals surface area contributed by atoms with E-state index in [4.69, 9.17) is 4.74 Å². The monoisotopic (exact) mass is 205 g/mol. The van der Waals surface area contributed by atoms with Crippen molar-refractivity contribution in [2.75, 3.05) is 11.9 Å². The van der Waals surface area contributed by atoms with Crippen LogP contribution in [0.1, 0.15) is 19.4 Å². The lowest BCUT2D eigenvalue weighted by Crippen LogP contribution is -2.25. The maximum Gasteiger partial charge on any atom is 0.262 e. The molecule has 0 atom stereocenters. The van der Waals surface area contributed by atoms with Crippen LogP contribution in [0.15, 0.2) is 18.2 Å². The normalized spacial score (nSPS) is 14.5. The second kappa shape index (κ2) is 3.93. The Labute approximate surface area is 89.4 Å². The Morgan fingerprint density at radius 1 is 1.47 bits per heavy atom. The number of anilines is 1. The molecule has 0 spiro atoms. The van der Waals surface area contributed by atoms with E-state index in [1.54, 1.807) is 0 Å². The summed E-state index contributed by atoms with van der Waals surface area (Å²) in [5.41, 5.74) is 2.03. The van der Waals surface area contributed by atoms with E-state index in [2.05, 4.69) is 19.2 Å². The van der Waals surface area contributed by atoms with E-state index in [0.29, 0.717) is 5.92 Å². The van der Waals surface area contributed by atoms with Gasteiger partial charge in [-0.1, -0.05) is 19.9 Å². The van der Waals surface area contributed by atoms with E-state index >= 15 is 0 Å². The third-order valence-electron chi connectivity index (χ3n) is 2.32. The van der Waals surface area contributed by atoms with Crippen molar-refractivity contribution in [1.29, 1.82) is 0 Å². The van der Waals surface area contributed by atoms with Gasteiger partial charge in [0.15, 0.2) is 6.61 Å². The molecule has 0 saturated heterocycles. The van der Waals surface area contributed by atoms with Crippen molar-refractivity contribution in [3.05, 3.63) is 23.8 Å². The molecule has 3 nitrogen and oxygen atoms in total. The van der Waals surface area contributed by atoms with Gasteiger partial charge in [0, 0.05) is 0 Å². The number of rotatable bonds is 2. The molecule has 0 unspecified atom stereocenters. The maximum atomic E-state index is 11.1. The minimum absolute atomic E-state index is 0.0842. The molecule has 1 aromatic rings. The standard InChI is InChI=1S/C12H15NO2/c1-8(2)5-9-3-4-10-11(6-9)15-7-12(14)13-10/h3-4,6,8H,5,7H2,1-2H3,(H,13,14). The molecule has 80 valence electrons. The Bertz CT molecular complexity index is 385. The molecule has 0 saturated carbocycles. The van der Waals surface area contributed by atoms with Gasteiger partial charge in [0.1, 0.15) is 5.75 Å². The summed E-state index contributed by atoms with van der Waals surface area (Å²) in [6.07, 6.45) is 1.03. The predicted molar refractivity (Wildman–Crippen MR) is 59.1 cm³/mol. The third kappa shape index (κ3) is 2.29. The molecule has 1 heterocycles. The van der Waals surface area contributed by atoms with Gasteiger partial charge in [-0.15, -0.1) is 0 Å². The summed E-state index contributed by atoms with van der Waals surface area (Å²) in [7, 11) is 0. The number of hydrogen-bond acceptors (Lipinski definition) is 2. The molecule has 3 heteroatoms. The lowest BCUT2D eigenvalue weighted by molar-refractivity contribution is -0.118. The molecule has 1 aliphatic rings. The summed E-state index contributed by atoms with van der Waals surface area (Å²) in [6, 6.07) is 5.95. The van der Waals surface area contributed by atoms with Gasteiger partial charge in [-0.05, 0) is 30.0 Å². The molecule has 0 radical (unpaired) electrons. The highest BCUT2D eigenvalue weighted by Gasteiger charge is 2.15. The molecular weight excluding hydrogens is 190 g/mol. The van der Waals surface area contributed by atoms with Crippen LogP contribution in [0.2, 0.25) is 0 Å². The second-order valence-corrected chi connectivity index (χ2v) is 4.27. The average Bonchev–Trinajstić information content (AvgIpc) is 2.17. The number of ether oxygens (including phenoxy) is 1. The number of hydrogen-bond donors (Lipinski definition) is 1. The van der Waals surface area contributed by atoms with Crippen LogP contribution < -0.4 is 10.1 Å². The fraction of sp³-hybridized carbons (Fsp3) is 0.417. The molecule has 15 heavy (non-hydrogen) atoms. The van der Waals surface area contributed by atoms with Gasteiger partial charge < -0.3 is 10.1 Å². The Kier molecular flexibility index (Phi) is 2.62. The van der Waals surface area contributed by atoms with E-state index in [1.165, 1.54) is 5.56 Å². The van der Waals surface area contributed by atoms with E-state index < -0.39 is 0 Å². The quantitative estimate of drug-likeness (QED) is 0.804. The van der Waals surface area contributed by atoms with Crippen molar-refractivity contribution in [2.24, 2.45) is 5.92 Å². The van der Waals surface area contributed by atoms with Crippen LogP contribution in [0.3, 0.4) is 0 Å². The maximum absolute atomic E-state index is 11.1. The first-order chi connectivity index (χ1) is 7.15. The second-order valence-electron chi connectivity index (χ2n) is 4.27. The third-order valence-corrected chi connectivity index (χ3v) is 2.32. The summed E-state index contributed by atoms with van der Waals surface area (Å²) < 4.78 is 5.35. The van der Waals surface area contributed by atoms with Crippen molar-refractivity contribution in [1.82, 2.24) is 0 Å². The Hall–Kier alpha value is -1.51. The van der Waals surface area contributed by atoms with E-state index in [0.717, 1.165) is 17.9 Å². The summed E-state index contributed by atoms with van der Waals surface area (Å²) in [4.78, 5) is 11.1. The van der Waals surface area contributed by atoms with Crippen molar-refractivity contribution in [3.8, 4) is 5.75 Å². The molecule has 1 aliphatic heterocycles. The Morgan fingerprint density at radius 2 is 2.27 bits per heavy atom. The van der Waals surface area contributed by atoms with Gasteiger partial charge >= 0.3 is 0 Å². The fourth-order valence-electron chi connectivity index (χ4n) is 1.72. The van der Waals surface area contributed by atoms with Crippen molar-refractivity contribution in [3.63, 3.8) is 0 Å². The molecule has 1 aromatic carbocycles. The highest BCUT2D eigenvalue weighted by molar-refractivity contribution is 5.95. The van der Waals surface area contributed by atoms with Crippen LogP contribution in [0.25, 0.3) is 0 Å². The molecule has 2 rings (SSSR count). The van der Waals surface area contributed by atoms with Gasteiger partial charge in [-0.3, -0.25) is 4.79 Å². The number of carbonyl (C=O) groups excluding carboxylic acids is 1. The number of carbonyl (C=O) groups is 1. The molecule has 0 aromatic heterocycles. The van der Waals surface area contributed by atoms with Crippen LogP contribution in [-0.2, 0) is 11.2 Å². The van der Waals surface area contributed by atoms with E-state index in [1.807, 2.05) is 18.2 Å². The average molecular weight is 205 g/mol. The SMILES string of the molecule is CC(C)Cc1ccc2c(c1)OCC(=O)N2. The van der Waals surface area contributed by atoms with Crippen LogP contribution in [0, 0.1) is 5.92 Å². The highest BCUT2D eigenvalue weighted by atomic mass is 16.5. The molecule has 0 bridgehead atoms. The fourth-order valence-corrected chi connectivity index (χ4v) is 1.72. The largest absolute Gasteiger partial charge is 0.482 e. The van der Waals surface area contributed by atoms with E-state index in [-0.39, 0.29) is 12.5 Å². The first-order valence-electron chi connectivity index (χ1n) is 5.21. The lowest BCUT2D eigenvalue weighted by Gasteiger charge is -2.18. The number of amides is 1.